The van der Waals surface area contributed by atoms with Crippen molar-refractivity contribution in [3.05, 3.63) is 40.7 Å². The van der Waals surface area contributed by atoms with Crippen LogP contribution in [0.3, 0.4) is 0 Å². The van der Waals surface area contributed by atoms with Gasteiger partial charge in [-0.25, -0.2) is 5.43 Å². The van der Waals surface area contributed by atoms with Crippen molar-refractivity contribution < 1.29 is 17.9 Å². The molecule has 3 aromatic rings. The van der Waals surface area contributed by atoms with Gasteiger partial charge in [-0.05, 0) is 31.0 Å². The van der Waals surface area contributed by atoms with Crippen LogP contribution in [0.4, 0.5) is 13.2 Å². The van der Waals surface area contributed by atoms with Crippen molar-refractivity contribution >= 4 is 16.3 Å². The van der Waals surface area contributed by atoms with Crippen molar-refractivity contribution in [2.75, 3.05) is 0 Å². The Morgan fingerprint density at radius 2 is 2.00 bits per heavy atom. The molecule has 11 heteroatoms. The molecule has 138 valence electrons. The fraction of sp³-hybridized carbons (Fsp3) is 0.400. The number of ether oxygens (including phenoxy) is 1. The molecule has 0 amide bonds. The molecule has 0 radical (unpaired) electrons. The molecule has 2 N–H and O–H groups in total. The lowest BCUT2D eigenvalue weighted by Gasteiger charge is -2.08. The third-order valence-electron chi connectivity index (χ3n) is 3.98. The van der Waals surface area contributed by atoms with E-state index in [1.807, 2.05) is 0 Å². The summed E-state index contributed by atoms with van der Waals surface area (Å²) in [6, 6.07) is 6.19. The summed E-state index contributed by atoms with van der Waals surface area (Å²) in [5.74, 6) is 0.378. The Bertz CT molecular complexity index is 906. The molecule has 0 bridgehead atoms. The molecule has 26 heavy (non-hydrogen) atoms. The molecule has 1 fully saturated rings. The van der Waals surface area contributed by atoms with Crippen LogP contribution in [0.2, 0.25) is 0 Å². The molecule has 2 atom stereocenters. The number of hydrogen-bond donors (Lipinski definition) is 2. The highest BCUT2D eigenvalue weighted by Gasteiger charge is 2.31. The van der Waals surface area contributed by atoms with Crippen molar-refractivity contribution in [2.24, 2.45) is 0 Å². The minimum absolute atomic E-state index is 0.128. The summed E-state index contributed by atoms with van der Waals surface area (Å²) in [6.45, 7) is 2.09. The Morgan fingerprint density at radius 1 is 1.23 bits per heavy atom. The van der Waals surface area contributed by atoms with E-state index in [1.54, 1.807) is 16.6 Å². The molecule has 2 aromatic heterocycles. The van der Waals surface area contributed by atoms with Crippen molar-refractivity contribution in [3.8, 4) is 5.75 Å². The van der Waals surface area contributed by atoms with Crippen LogP contribution in [0.25, 0.3) is 4.96 Å². The fourth-order valence-corrected chi connectivity index (χ4v) is 3.71. The van der Waals surface area contributed by atoms with E-state index in [0.717, 1.165) is 17.0 Å². The standard InChI is InChI=1S/C15H15F3N6OS/c1-8-6-11(20-19-8)13-23-24-12(21-22-14(24)26-13)7-9-2-4-10(5-3-9)25-15(16,17)18/h2-5,8,11,19-20H,6-7H2,1H3. The van der Waals surface area contributed by atoms with E-state index in [-0.39, 0.29) is 11.8 Å². The molecule has 0 aliphatic carbocycles. The molecule has 0 spiro atoms. The van der Waals surface area contributed by atoms with Crippen LogP contribution in [0.5, 0.6) is 5.75 Å². The molecule has 1 aromatic carbocycles. The topological polar surface area (TPSA) is 76.4 Å². The first-order chi connectivity index (χ1) is 12.4. The summed E-state index contributed by atoms with van der Waals surface area (Å²) in [5, 5.41) is 13.8. The van der Waals surface area contributed by atoms with Gasteiger partial charge < -0.3 is 4.74 Å². The summed E-state index contributed by atoms with van der Waals surface area (Å²) in [7, 11) is 0. The SMILES string of the molecule is CC1CC(c2nn3c(Cc4ccc(OC(F)(F)F)cc4)nnc3s2)NN1. The zero-order valence-corrected chi connectivity index (χ0v) is 14.4. The van der Waals surface area contributed by atoms with Crippen LogP contribution >= 0.6 is 11.3 Å². The first-order valence-electron chi connectivity index (χ1n) is 7.94. The summed E-state index contributed by atoms with van der Waals surface area (Å²) in [4.78, 5) is 0.688. The second-order valence-electron chi connectivity index (χ2n) is 6.10. The average molecular weight is 384 g/mol. The molecule has 0 saturated carbocycles. The van der Waals surface area contributed by atoms with E-state index >= 15 is 0 Å². The summed E-state index contributed by atoms with van der Waals surface area (Å²) >= 11 is 1.47. The smallest absolute Gasteiger partial charge is 0.406 e. The van der Waals surface area contributed by atoms with Gasteiger partial charge in [-0.2, -0.15) is 9.61 Å². The Kier molecular flexibility index (Phi) is 4.29. The van der Waals surface area contributed by atoms with Gasteiger partial charge in [0.2, 0.25) is 4.96 Å². The van der Waals surface area contributed by atoms with Gasteiger partial charge in [-0.1, -0.05) is 23.5 Å². The van der Waals surface area contributed by atoms with E-state index < -0.39 is 6.36 Å². The molecular formula is C15H15F3N6OS. The maximum atomic E-state index is 12.2. The van der Waals surface area contributed by atoms with Gasteiger partial charge in [0.25, 0.3) is 0 Å². The Labute approximate surface area is 150 Å². The highest BCUT2D eigenvalue weighted by atomic mass is 32.1. The average Bonchev–Trinajstić information content (AvgIpc) is 3.25. The molecular weight excluding hydrogens is 369 g/mol. The third-order valence-corrected chi connectivity index (χ3v) is 4.99. The number of hydrazine groups is 1. The monoisotopic (exact) mass is 384 g/mol. The van der Waals surface area contributed by atoms with Crippen molar-refractivity contribution in [2.45, 2.75) is 38.2 Å². The lowest BCUT2D eigenvalue weighted by Crippen LogP contribution is -2.28. The zero-order chi connectivity index (χ0) is 18.3. The zero-order valence-electron chi connectivity index (χ0n) is 13.6. The summed E-state index contributed by atoms with van der Waals surface area (Å²) < 4.78 is 42.2. The van der Waals surface area contributed by atoms with Gasteiger partial charge in [-0.15, -0.1) is 23.4 Å². The lowest BCUT2D eigenvalue weighted by molar-refractivity contribution is -0.274. The van der Waals surface area contributed by atoms with Crippen LogP contribution in [0.1, 0.15) is 35.8 Å². The largest absolute Gasteiger partial charge is 0.573 e. The summed E-state index contributed by atoms with van der Waals surface area (Å²) in [6.07, 6.45) is -3.36. The fourth-order valence-electron chi connectivity index (χ4n) is 2.79. The number of fused-ring (bicyclic) bond motifs is 1. The Morgan fingerprint density at radius 3 is 2.65 bits per heavy atom. The first kappa shape index (κ1) is 17.2. The molecule has 1 saturated heterocycles. The molecule has 3 heterocycles. The number of nitrogens with zero attached hydrogens (tertiary/aromatic N) is 4. The number of hydrogen-bond acceptors (Lipinski definition) is 7. The van der Waals surface area contributed by atoms with Crippen LogP contribution in [0, 0.1) is 0 Å². The molecule has 1 aliphatic rings. The molecule has 7 nitrogen and oxygen atoms in total. The third kappa shape index (κ3) is 3.64. The van der Waals surface area contributed by atoms with E-state index in [9.17, 15) is 13.2 Å². The number of aromatic nitrogens is 4. The van der Waals surface area contributed by atoms with E-state index in [1.165, 1.54) is 23.5 Å². The predicted octanol–water partition coefficient (Wildman–Crippen LogP) is 2.60. The van der Waals surface area contributed by atoms with Crippen LogP contribution < -0.4 is 15.6 Å². The van der Waals surface area contributed by atoms with E-state index in [0.29, 0.717) is 23.2 Å². The quantitative estimate of drug-likeness (QED) is 0.720. The number of alkyl halides is 3. The number of nitrogens with one attached hydrogen (secondary N) is 2. The maximum absolute atomic E-state index is 12.2. The first-order valence-corrected chi connectivity index (χ1v) is 8.76. The van der Waals surface area contributed by atoms with E-state index in [2.05, 4.69) is 37.8 Å². The van der Waals surface area contributed by atoms with Gasteiger partial charge in [0.1, 0.15) is 10.8 Å². The minimum atomic E-state index is -4.70. The molecule has 2 unspecified atom stereocenters. The highest BCUT2D eigenvalue weighted by molar-refractivity contribution is 7.16. The van der Waals surface area contributed by atoms with Gasteiger partial charge in [0.05, 0.1) is 6.04 Å². The normalized spacial score (nSPS) is 20.8. The van der Waals surface area contributed by atoms with Gasteiger partial charge in [0, 0.05) is 12.5 Å². The Balaban J connectivity index is 1.51. The van der Waals surface area contributed by atoms with Gasteiger partial charge in [-0.3, -0.25) is 5.43 Å². The Hall–Kier alpha value is -2.24. The number of rotatable bonds is 4. The minimum Gasteiger partial charge on any atom is -0.406 e. The van der Waals surface area contributed by atoms with Crippen LogP contribution in [0.15, 0.2) is 24.3 Å². The number of benzene rings is 1. The maximum Gasteiger partial charge on any atom is 0.573 e. The van der Waals surface area contributed by atoms with Gasteiger partial charge >= 0.3 is 6.36 Å². The van der Waals surface area contributed by atoms with Crippen molar-refractivity contribution in [3.63, 3.8) is 0 Å². The predicted molar refractivity (Wildman–Crippen MR) is 87.7 cm³/mol. The van der Waals surface area contributed by atoms with Crippen LogP contribution in [-0.2, 0) is 6.42 Å². The second-order valence-corrected chi connectivity index (χ2v) is 7.08. The number of halogens is 3. The van der Waals surface area contributed by atoms with E-state index in [4.69, 9.17) is 0 Å². The summed E-state index contributed by atoms with van der Waals surface area (Å²) in [5.41, 5.74) is 7.15. The lowest BCUT2D eigenvalue weighted by atomic mass is 10.1. The molecule has 4 rings (SSSR count). The van der Waals surface area contributed by atoms with Crippen LogP contribution in [-0.4, -0.2) is 32.2 Å². The molecule has 1 aliphatic heterocycles. The highest BCUT2D eigenvalue weighted by Crippen LogP contribution is 2.27. The van der Waals surface area contributed by atoms with Gasteiger partial charge in [0.15, 0.2) is 5.82 Å². The second kappa shape index (κ2) is 6.49. The van der Waals surface area contributed by atoms with Crippen molar-refractivity contribution in [1.82, 2.24) is 30.7 Å². The van der Waals surface area contributed by atoms with Crippen molar-refractivity contribution in [1.29, 1.82) is 0 Å².